The van der Waals surface area contributed by atoms with Gasteiger partial charge < -0.3 is 4.57 Å². The van der Waals surface area contributed by atoms with Crippen molar-refractivity contribution in [3.8, 4) is 0 Å². The average molecular weight is 187 g/mol. The molecule has 0 radical (unpaired) electrons. The molecular weight excluding hydrogens is 176 g/mol. The third kappa shape index (κ3) is 1.91. The molecule has 1 heterocycles. The van der Waals surface area contributed by atoms with E-state index in [9.17, 15) is 4.79 Å². The summed E-state index contributed by atoms with van der Waals surface area (Å²) in [5.74, 6) is 0. The minimum atomic E-state index is 0.723. The van der Waals surface area contributed by atoms with E-state index in [4.69, 9.17) is 0 Å². The Labute approximate surface area is 82.8 Å². The molecule has 0 saturated carbocycles. The smallest absolute Gasteiger partial charge is 0.151 e. The minimum Gasteiger partial charge on any atom is -0.349 e. The van der Waals surface area contributed by atoms with Gasteiger partial charge in [0.25, 0.3) is 0 Å². The molecule has 0 amide bonds. The van der Waals surface area contributed by atoms with Crippen LogP contribution in [0, 0.1) is 0 Å². The van der Waals surface area contributed by atoms with Crippen molar-refractivity contribution in [2.45, 2.75) is 6.54 Å². The van der Waals surface area contributed by atoms with Crippen LogP contribution in [-0.4, -0.2) is 10.9 Å². The second-order valence-corrected chi connectivity index (χ2v) is 3.22. The van der Waals surface area contributed by atoms with Gasteiger partial charge in [-0.25, -0.2) is 0 Å². The van der Waals surface area contributed by atoms with Crippen molar-refractivity contribution < 1.29 is 4.79 Å². The topological polar surface area (TPSA) is 22.0 Å². The van der Waals surface area contributed by atoms with Crippen LogP contribution in [0.4, 0.5) is 0 Å². The molecule has 0 saturated heterocycles. The zero-order chi connectivity index (χ0) is 9.80. The first kappa shape index (κ1) is 8.75. The predicted octanol–water partition coefficient (Wildman–Crippen LogP) is 2.35. The largest absolute Gasteiger partial charge is 0.349 e. The van der Waals surface area contributed by atoms with Crippen LogP contribution >= 0.6 is 0 Å². The number of aromatic nitrogens is 1. The number of nitrogens with zero attached hydrogens (tertiary/aromatic N) is 1. The van der Waals surface area contributed by atoms with Gasteiger partial charge in [-0.05, 0) is 11.6 Å². The van der Waals surface area contributed by atoms with E-state index in [2.05, 4.69) is 12.1 Å². The molecule has 0 aliphatic heterocycles. The molecule has 1 aromatic heterocycles. The molecular formula is C12H11NO. The van der Waals surface area contributed by atoms with E-state index in [1.807, 2.05) is 41.2 Å². The molecule has 0 fully saturated rings. The van der Waals surface area contributed by atoms with E-state index < -0.39 is 0 Å². The second-order valence-electron chi connectivity index (χ2n) is 3.22. The molecule has 0 spiro atoms. The van der Waals surface area contributed by atoms with E-state index in [0.29, 0.717) is 0 Å². The highest BCUT2D eigenvalue weighted by molar-refractivity contribution is 5.74. The van der Waals surface area contributed by atoms with Crippen molar-refractivity contribution >= 4 is 6.29 Å². The fraction of sp³-hybridized carbons (Fsp3) is 0.0833. The van der Waals surface area contributed by atoms with Crippen molar-refractivity contribution in [1.29, 1.82) is 0 Å². The number of rotatable bonds is 3. The fourth-order valence-electron chi connectivity index (χ4n) is 1.42. The van der Waals surface area contributed by atoms with Gasteiger partial charge in [-0.3, -0.25) is 4.79 Å². The molecule has 0 bridgehead atoms. The third-order valence-electron chi connectivity index (χ3n) is 2.12. The Kier molecular flexibility index (Phi) is 2.45. The maximum Gasteiger partial charge on any atom is 0.151 e. The minimum absolute atomic E-state index is 0.723. The molecule has 2 nitrogen and oxygen atoms in total. The summed E-state index contributed by atoms with van der Waals surface area (Å²) in [6.07, 6.45) is 4.62. The Balaban J connectivity index is 2.15. The highest BCUT2D eigenvalue weighted by Gasteiger charge is 1.95. The summed E-state index contributed by atoms with van der Waals surface area (Å²) in [5.41, 5.74) is 1.96. The van der Waals surface area contributed by atoms with E-state index in [1.54, 1.807) is 0 Å². The van der Waals surface area contributed by atoms with Crippen LogP contribution in [0.15, 0.2) is 48.8 Å². The molecule has 2 aromatic rings. The van der Waals surface area contributed by atoms with Gasteiger partial charge in [0.15, 0.2) is 6.29 Å². The van der Waals surface area contributed by atoms with Crippen LogP contribution in [-0.2, 0) is 6.54 Å². The first-order valence-corrected chi connectivity index (χ1v) is 4.53. The third-order valence-corrected chi connectivity index (χ3v) is 2.12. The first-order valence-electron chi connectivity index (χ1n) is 4.53. The Hall–Kier alpha value is -1.83. The summed E-state index contributed by atoms with van der Waals surface area (Å²) < 4.78 is 2.00. The van der Waals surface area contributed by atoms with Gasteiger partial charge in [0.1, 0.15) is 0 Å². The first-order chi connectivity index (χ1) is 6.88. The molecule has 2 rings (SSSR count). The normalized spacial score (nSPS) is 10.0. The molecule has 0 aliphatic carbocycles. The lowest BCUT2D eigenvalue weighted by molar-refractivity contribution is 0.112. The van der Waals surface area contributed by atoms with Gasteiger partial charge in [-0.15, -0.1) is 0 Å². The molecule has 14 heavy (non-hydrogen) atoms. The quantitative estimate of drug-likeness (QED) is 0.676. The maximum atomic E-state index is 10.5. The maximum absolute atomic E-state index is 10.5. The van der Waals surface area contributed by atoms with E-state index in [1.165, 1.54) is 5.56 Å². The monoisotopic (exact) mass is 187 g/mol. The van der Waals surface area contributed by atoms with Crippen molar-refractivity contribution in [3.05, 3.63) is 59.9 Å². The van der Waals surface area contributed by atoms with Gasteiger partial charge in [-0.1, -0.05) is 30.3 Å². The molecule has 0 unspecified atom stereocenters. The lowest BCUT2D eigenvalue weighted by Crippen LogP contribution is -1.95. The lowest BCUT2D eigenvalue weighted by Gasteiger charge is -2.01. The Morgan fingerprint density at radius 3 is 2.57 bits per heavy atom. The zero-order valence-corrected chi connectivity index (χ0v) is 7.76. The van der Waals surface area contributed by atoms with Crippen LogP contribution in [0.5, 0.6) is 0 Å². The summed E-state index contributed by atoms with van der Waals surface area (Å²) in [4.78, 5) is 10.5. The predicted molar refractivity (Wildman–Crippen MR) is 55.4 cm³/mol. The Morgan fingerprint density at radius 1 is 1.14 bits per heavy atom. The molecule has 70 valence electrons. The standard InChI is InChI=1S/C12H11NO/c14-10-12-6-7-13(9-12)8-11-4-2-1-3-5-11/h1-7,9-10H,8H2/i10+2. The summed E-state index contributed by atoms with van der Waals surface area (Å²) in [7, 11) is 0. The average Bonchev–Trinajstić information content (AvgIpc) is 2.67. The van der Waals surface area contributed by atoms with Crippen LogP contribution in [0.3, 0.4) is 0 Å². The van der Waals surface area contributed by atoms with Gasteiger partial charge >= 0.3 is 0 Å². The zero-order valence-electron chi connectivity index (χ0n) is 7.76. The van der Waals surface area contributed by atoms with Crippen molar-refractivity contribution in [1.82, 2.24) is 4.57 Å². The van der Waals surface area contributed by atoms with Crippen molar-refractivity contribution in [3.63, 3.8) is 0 Å². The molecule has 1 aromatic carbocycles. The molecule has 0 aliphatic rings. The lowest BCUT2D eigenvalue weighted by atomic mass is 10.2. The van der Waals surface area contributed by atoms with Gasteiger partial charge in [-0.2, -0.15) is 0 Å². The number of hydrogen-bond donors (Lipinski definition) is 0. The highest BCUT2D eigenvalue weighted by atomic mass is 16.3. The number of benzene rings is 1. The van der Waals surface area contributed by atoms with Crippen molar-refractivity contribution in [2.75, 3.05) is 0 Å². The number of aldehydes is 1. The summed E-state index contributed by atoms with van der Waals surface area (Å²) >= 11 is 0. The number of carbonyl (C=O) groups is 1. The van der Waals surface area contributed by atoms with E-state index >= 15 is 0 Å². The van der Waals surface area contributed by atoms with Gasteiger partial charge in [0, 0.05) is 24.5 Å². The Morgan fingerprint density at radius 2 is 1.93 bits per heavy atom. The highest BCUT2D eigenvalue weighted by Crippen LogP contribution is 2.04. The van der Waals surface area contributed by atoms with E-state index in [-0.39, 0.29) is 0 Å². The van der Waals surface area contributed by atoms with Crippen molar-refractivity contribution in [2.24, 2.45) is 0 Å². The summed E-state index contributed by atoms with van der Waals surface area (Å²) in [6.45, 7) is 0.814. The number of hydrogen-bond acceptors (Lipinski definition) is 1. The number of carbonyl (C=O) groups excluding carboxylic acids is 1. The van der Waals surface area contributed by atoms with Crippen LogP contribution in [0.1, 0.15) is 15.9 Å². The SMILES string of the molecule is O=[14CH]c1ccn(Cc2ccccc2)c1. The molecule has 2 heteroatoms. The van der Waals surface area contributed by atoms with E-state index in [0.717, 1.165) is 18.4 Å². The second kappa shape index (κ2) is 3.92. The van der Waals surface area contributed by atoms with Crippen LogP contribution in [0.25, 0.3) is 0 Å². The summed E-state index contributed by atoms with van der Waals surface area (Å²) in [6, 6.07) is 12.0. The van der Waals surface area contributed by atoms with Crippen LogP contribution < -0.4 is 0 Å². The summed E-state index contributed by atoms with van der Waals surface area (Å²) in [5, 5.41) is 0. The van der Waals surface area contributed by atoms with Gasteiger partial charge in [0.05, 0.1) is 0 Å². The van der Waals surface area contributed by atoms with Gasteiger partial charge in [0.2, 0.25) is 0 Å². The Bertz CT molecular complexity index is 417. The van der Waals surface area contributed by atoms with Crippen LogP contribution in [0.2, 0.25) is 0 Å². The molecule has 0 atom stereocenters. The molecule has 0 N–H and O–H groups in total. The fourth-order valence-corrected chi connectivity index (χ4v) is 1.42.